The molecule has 0 saturated carbocycles. The molecule has 0 aromatic heterocycles. The molecule has 1 amide bonds. The van der Waals surface area contributed by atoms with Gasteiger partial charge < -0.3 is 24.8 Å². The van der Waals surface area contributed by atoms with Crippen molar-refractivity contribution >= 4 is 11.6 Å². The maximum Gasteiger partial charge on any atom is 0.261 e. The molecule has 6 nitrogen and oxygen atoms in total. The Kier molecular flexibility index (Phi) is 17.2. The second-order valence-corrected chi connectivity index (χ2v) is 14.2. The van der Waals surface area contributed by atoms with E-state index in [2.05, 4.69) is 31.0 Å². The monoisotopic (exact) mass is 746 g/mol. The SMILES string of the molecule is CCCCCCCCN(CCCCCCCC)C[C@@H]1O[C@H](c2ccc(NC(=O)c3c(F)c(F)c(F)c(F)c3F)cc2)O[C@H](c2ccc(CO)cc2)[C@@H]1C. The van der Waals surface area contributed by atoms with E-state index in [9.17, 15) is 31.9 Å². The van der Waals surface area contributed by atoms with Crippen LogP contribution >= 0.6 is 0 Å². The summed E-state index contributed by atoms with van der Waals surface area (Å²) in [5, 5.41) is 11.8. The lowest BCUT2D eigenvalue weighted by atomic mass is 9.90. The van der Waals surface area contributed by atoms with Crippen LogP contribution in [0.5, 0.6) is 0 Å². The number of aliphatic hydroxyl groups is 1. The third-order valence-corrected chi connectivity index (χ3v) is 10.1. The van der Waals surface area contributed by atoms with Gasteiger partial charge >= 0.3 is 0 Å². The van der Waals surface area contributed by atoms with E-state index >= 15 is 0 Å². The quantitative estimate of drug-likeness (QED) is 0.0492. The van der Waals surface area contributed by atoms with Crippen molar-refractivity contribution in [1.82, 2.24) is 4.90 Å². The standard InChI is InChI=1S/C42H55F5N2O4/c1-4-6-8-10-12-14-24-49(25-15-13-11-9-7-5-2)26-33-28(3)40(30-18-16-29(27-50)17-19-30)53-42(52-33)31-20-22-32(23-21-31)48-41(51)34-35(43)37(45)39(47)38(46)36(34)44/h16-23,28,33,40,42,50H,4-15,24-27H2,1-3H3,(H,48,51)/t28-,33+,40+,42+/m1/s1. The molecule has 0 radical (unpaired) electrons. The van der Waals surface area contributed by atoms with Crippen LogP contribution in [0.15, 0.2) is 48.5 Å². The molecule has 1 fully saturated rings. The number of amides is 1. The van der Waals surface area contributed by atoms with Crippen LogP contribution in [0.2, 0.25) is 0 Å². The molecule has 1 aliphatic heterocycles. The fourth-order valence-electron chi connectivity index (χ4n) is 6.83. The van der Waals surface area contributed by atoms with E-state index in [-0.39, 0.29) is 30.4 Å². The highest BCUT2D eigenvalue weighted by Gasteiger charge is 2.39. The zero-order valence-electron chi connectivity index (χ0n) is 31.3. The molecule has 0 aliphatic carbocycles. The number of halogens is 5. The van der Waals surface area contributed by atoms with Crippen LogP contribution in [-0.2, 0) is 16.1 Å². The van der Waals surface area contributed by atoms with Crippen LogP contribution in [0, 0.1) is 35.0 Å². The van der Waals surface area contributed by atoms with Crippen LogP contribution in [0.3, 0.4) is 0 Å². The number of nitrogens with zero attached hydrogens (tertiary/aromatic N) is 1. The van der Waals surface area contributed by atoms with Gasteiger partial charge in [-0.15, -0.1) is 0 Å². The van der Waals surface area contributed by atoms with Crippen LogP contribution in [-0.4, -0.2) is 41.7 Å². The second kappa shape index (κ2) is 21.5. The lowest BCUT2D eigenvalue weighted by molar-refractivity contribution is -0.276. The van der Waals surface area contributed by atoms with Crippen molar-refractivity contribution in [2.24, 2.45) is 5.92 Å². The Morgan fingerprint density at radius 3 is 1.70 bits per heavy atom. The zero-order chi connectivity index (χ0) is 38.3. The minimum atomic E-state index is -2.34. The average molecular weight is 747 g/mol. The van der Waals surface area contributed by atoms with Crippen LogP contribution in [0.1, 0.15) is 137 Å². The van der Waals surface area contributed by atoms with Gasteiger partial charge in [0.2, 0.25) is 5.82 Å². The first-order chi connectivity index (χ1) is 25.6. The molecule has 0 spiro atoms. The zero-order valence-corrected chi connectivity index (χ0v) is 31.3. The number of carbonyl (C=O) groups is 1. The number of hydrogen-bond donors (Lipinski definition) is 2. The number of ether oxygens (including phenoxy) is 2. The van der Waals surface area contributed by atoms with Gasteiger partial charge in [0.05, 0.1) is 18.8 Å². The van der Waals surface area contributed by atoms with Gasteiger partial charge in [-0.3, -0.25) is 4.79 Å². The van der Waals surface area contributed by atoms with E-state index in [1.807, 2.05) is 24.3 Å². The first-order valence-corrected chi connectivity index (χ1v) is 19.2. The Morgan fingerprint density at radius 1 is 0.679 bits per heavy atom. The van der Waals surface area contributed by atoms with Crippen molar-refractivity contribution in [3.8, 4) is 0 Å². The fourth-order valence-corrected chi connectivity index (χ4v) is 6.83. The lowest BCUT2D eigenvalue weighted by Crippen LogP contribution is -2.45. The van der Waals surface area contributed by atoms with Crippen LogP contribution < -0.4 is 5.32 Å². The second-order valence-electron chi connectivity index (χ2n) is 14.2. The Bertz CT molecular complexity index is 1530. The third-order valence-electron chi connectivity index (χ3n) is 10.1. The van der Waals surface area contributed by atoms with Gasteiger partial charge in [-0.25, -0.2) is 22.0 Å². The summed E-state index contributed by atoms with van der Waals surface area (Å²) in [5.74, 6) is -12.7. The predicted molar refractivity (Wildman–Crippen MR) is 197 cm³/mol. The average Bonchev–Trinajstić information content (AvgIpc) is 3.17. The van der Waals surface area contributed by atoms with Gasteiger partial charge in [0.25, 0.3) is 5.91 Å². The molecule has 11 heteroatoms. The molecule has 53 heavy (non-hydrogen) atoms. The number of benzene rings is 3. The van der Waals surface area contributed by atoms with Crippen molar-refractivity contribution in [1.29, 1.82) is 0 Å². The summed E-state index contributed by atoms with van der Waals surface area (Å²) in [6.07, 6.45) is 13.2. The van der Waals surface area contributed by atoms with E-state index < -0.39 is 46.8 Å². The van der Waals surface area contributed by atoms with E-state index in [0.717, 1.165) is 37.1 Å². The van der Waals surface area contributed by atoms with Gasteiger partial charge in [0.15, 0.2) is 29.6 Å². The van der Waals surface area contributed by atoms with E-state index in [1.54, 1.807) is 12.1 Å². The van der Waals surface area contributed by atoms with Crippen LogP contribution in [0.4, 0.5) is 27.6 Å². The molecule has 2 N–H and O–H groups in total. The molecule has 292 valence electrons. The van der Waals surface area contributed by atoms with Gasteiger partial charge in [0.1, 0.15) is 5.56 Å². The van der Waals surface area contributed by atoms with Crippen molar-refractivity contribution in [3.05, 3.63) is 99.9 Å². The van der Waals surface area contributed by atoms with Crippen molar-refractivity contribution in [2.75, 3.05) is 25.0 Å². The maximum atomic E-state index is 14.3. The number of carbonyl (C=O) groups excluding carboxylic acids is 1. The number of anilines is 1. The van der Waals surface area contributed by atoms with Gasteiger partial charge in [-0.05, 0) is 49.2 Å². The van der Waals surface area contributed by atoms with E-state index in [1.165, 1.54) is 76.3 Å². The first kappa shape index (κ1) is 42.4. The number of nitrogens with one attached hydrogen (secondary N) is 1. The Labute approximate surface area is 311 Å². The molecule has 4 atom stereocenters. The summed E-state index contributed by atoms with van der Waals surface area (Å²) < 4.78 is 82.8. The molecule has 1 aliphatic rings. The molecule has 1 heterocycles. The first-order valence-electron chi connectivity index (χ1n) is 19.2. The molecular formula is C42H55F5N2O4. The van der Waals surface area contributed by atoms with Gasteiger partial charge in [0, 0.05) is 23.7 Å². The highest BCUT2D eigenvalue weighted by Crippen LogP contribution is 2.42. The Balaban J connectivity index is 1.53. The summed E-state index contributed by atoms with van der Waals surface area (Å²) in [6, 6.07) is 13.8. The topological polar surface area (TPSA) is 71.0 Å². The highest BCUT2D eigenvalue weighted by molar-refractivity contribution is 6.04. The highest BCUT2D eigenvalue weighted by atomic mass is 19.2. The van der Waals surface area contributed by atoms with E-state index in [4.69, 9.17) is 9.47 Å². The summed E-state index contributed by atoms with van der Waals surface area (Å²) in [5.41, 5.74) is 0.852. The molecule has 0 unspecified atom stereocenters. The fraction of sp³-hybridized carbons (Fsp3) is 0.548. The van der Waals surface area contributed by atoms with Crippen molar-refractivity contribution in [3.63, 3.8) is 0 Å². The van der Waals surface area contributed by atoms with Crippen LogP contribution in [0.25, 0.3) is 0 Å². The smallest absolute Gasteiger partial charge is 0.261 e. The molecule has 1 saturated heterocycles. The van der Waals surface area contributed by atoms with Crippen molar-refractivity contribution < 1.29 is 41.3 Å². The lowest BCUT2D eigenvalue weighted by Gasteiger charge is -2.43. The largest absolute Gasteiger partial charge is 0.392 e. The van der Waals surface area contributed by atoms with Crippen molar-refractivity contribution in [2.45, 2.75) is 123 Å². The minimum Gasteiger partial charge on any atom is -0.392 e. The number of unbranched alkanes of at least 4 members (excludes halogenated alkanes) is 10. The molecule has 4 rings (SSSR count). The summed E-state index contributed by atoms with van der Waals surface area (Å²) in [6.45, 7) is 9.16. The third kappa shape index (κ3) is 11.8. The van der Waals surface area contributed by atoms with Gasteiger partial charge in [-0.2, -0.15) is 0 Å². The normalized spacial score (nSPS) is 18.8. The number of hydrogen-bond acceptors (Lipinski definition) is 5. The number of rotatable bonds is 21. The summed E-state index contributed by atoms with van der Waals surface area (Å²) >= 11 is 0. The summed E-state index contributed by atoms with van der Waals surface area (Å²) in [4.78, 5) is 15.2. The maximum absolute atomic E-state index is 14.3. The minimum absolute atomic E-state index is 0.0253. The Hall–Kier alpha value is -3.38. The van der Waals surface area contributed by atoms with E-state index in [0.29, 0.717) is 12.1 Å². The number of aliphatic hydroxyl groups excluding tert-OH is 1. The molecule has 3 aromatic carbocycles. The predicted octanol–water partition coefficient (Wildman–Crippen LogP) is 10.9. The molecular weight excluding hydrogens is 691 g/mol. The molecule has 3 aromatic rings. The van der Waals surface area contributed by atoms with Gasteiger partial charge in [-0.1, -0.05) is 121 Å². The summed E-state index contributed by atoms with van der Waals surface area (Å²) in [7, 11) is 0. The Morgan fingerprint density at radius 2 is 1.17 bits per heavy atom. The molecule has 0 bridgehead atoms.